The van der Waals surface area contributed by atoms with Crippen LogP contribution in [0.25, 0.3) is 16.9 Å². The van der Waals surface area contributed by atoms with Crippen LogP contribution in [-0.2, 0) is 10.0 Å². The van der Waals surface area contributed by atoms with Gasteiger partial charge in [0.05, 0.1) is 22.8 Å². The van der Waals surface area contributed by atoms with E-state index in [0.29, 0.717) is 11.4 Å². The van der Waals surface area contributed by atoms with Crippen LogP contribution in [0.15, 0.2) is 65.8 Å². The molecule has 0 spiro atoms. The SMILES string of the molecule is COc1cc(Cl)c(S(=O)(=O)Nc2ccc(-c3cn4cccc(C)c4n3)cc2)cc1Cl. The van der Waals surface area contributed by atoms with Gasteiger partial charge in [-0.3, -0.25) is 4.72 Å². The maximum atomic E-state index is 12.8. The number of nitrogens with zero attached hydrogens (tertiary/aromatic N) is 2. The molecule has 0 aliphatic heterocycles. The van der Waals surface area contributed by atoms with E-state index in [1.54, 1.807) is 24.3 Å². The van der Waals surface area contributed by atoms with E-state index in [-0.39, 0.29) is 14.9 Å². The first-order valence-electron chi connectivity index (χ1n) is 8.89. The average molecular weight is 462 g/mol. The van der Waals surface area contributed by atoms with Gasteiger partial charge >= 0.3 is 0 Å². The molecule has 0 aliphatic carbocycles. The second-order valence-corrected chi connectivity index (χ2v) is 9.11. The number of methoxy groups -OCH3 is 1. The number of fused-ring (bicyclic) bond motifs is 1. The minimum Gasteiger partial charge on any atom is -0.495 e. The van der Waals surface area contributed by atoms with Crippen molar-refractivity contribution in [3.8, 4) is 17.0 Å². The quantitative estimate of drug-likeness (QED) is 0.430. The van der Waals surface area contributed by atoms with Crippen LogP contribution in [0.1, 0.15) is 5.56 Å². The highest BCUT2D eigenvalue weighted by atomic mass is 35.5. The number of imidazole rings is 1. The van der Waals surface area contributed by atoms with Gasteiger partial charge in [-0.1, -0.05) is 41.4 Å². The fourth-order valence-electron chi connectivity index (χ4n) is 3.08. The Morgan fingerprint density at radius 3 is 2.47 bits per heavy atom. The van der Waals surface area contributed by atoms with E-state index >= 15 is 0 Å². The lowest BCUT2D eigenvalue weighted by molar-refractivity contribution is 0.414. The Morgan fingerprint density at radius 2 is 1.80 bits per heavy atom. The number of hydrogen-bond acceptors (Lipinski definition) is 4. The molecule has 0 saturated carbocycles. The lowest BCUT2D eigenvalue weighted by Gasteiger charge is -2.12. The first-order chi connectivity index (χ1) is 14.3. The lowest BCUT2D eigenvalue weighted by Crippen LogP contribution is -2.13. The van der Waals surface area contributed by atoms with Gasteiger partial charge < -0.3 is 9.14 Å². The molecule has 0 saturated heterocycles. The zero-order valence-corrected chi connectivity index (χ0v) is 18.4. The van der Waals surface area contributed by atoms with E-state index < -0.39 is 10.0 Å². The lowest BCUT2D eigenvalue weighted by atomic mass is 10.1. The normalized spacial score (nSPS) is 11.6. The van der Waals surface area contributed by atoms with Gasteiger partial charge in [0.15, 0.2) is 0 Å². The Bertz CT molecular complexity index is 1350. The van der Waals surface area contributed by atoms with Gasteiger partial charge in [-0.2, -0.15) is 0 Å². The summed E-state index contributed by atoms with van der Waals surface area (Å²) in [4.78, 5) is 4.52. The number of ether oxygens (including phenoxy) is 1. The van der Waals surface area contributed by atoms with Gasteiger partial charge in [-0.05, 0) is 36.8 Å². The molecule has 1 N–H and O–H groups in total. The van der Waals surface area contributed by atoms with Crippen LogP contribution in [-0.4, -0.2) is 24.9 Å². The fraction of sp³-hybridized carbons (Fsp3) is 0.0952. The smallest absolute Gasteiger partial charge is 0.263 e. The van der Waals surface area contributed by atoms with E-state index in [0.717, 1.165) is 22.5 Å². The molecule has 4 aromatic rings. The van der Waals surface area contributed by atoms with Gasteiger partial charge in [-0.15, -0.1) is 0 Å². The van der Waals surface area contributed by atoms with Crippen molar-refractivity contribution in [1.29, 1.82) is 0 Å². The van der Waals surface area contributed by atoms with Crippen LogP contribution in [0.5, 0.6) is 5.75 Å². The van der Waals surface area contributed by atoms with Crippen molar-refractivity contribution in [3.05, 3.63) is 76.5 Å². The summed E-state index contributed by atoms with van der Waals surface area (Å²) < 4.78 is 35.1. The molecule has 6 nitrogen and oxygen atoms in total. The molecular weight excluding hydrogens is 445 g/mol. The zero-order chi connectivity index (χ0) is 21.5. The third-order valence-corrected chi connectivity index (χ3v) is 6.75. The van der Waals surface area contributed by atoms with E-state index in [2.05, 4.69) is 9.71 Å². The maximum Gasteiger partial charge on any atom is 0.263 e. The summed E-state index contributed by atoms with van der Waals surface area (Å²) in [6.07, 6.45) is 3.87. The number of hydrogen-bond donors (Lipinski definition) is 1. The van der Waals surface area contributed by atoms with E-state index in [1.165, 1.54) is 19.2 Å². The second kappa shape index (κ2) is 7.83. The van der Waals surface area contributed by atoms with Crippen molar-refractivity contribution >= 4 is 44.6 Å². The van der Waals surface area contributed by atoms with E-state index in [4.69, 9.17) is 27.9 Å². The van der Waals surface area contributed by atoms with Crippen molar-refractivity contribution in [2.75, 3.05) is 11.8 Å². The van der Waals surface area contributed by atoms with E-state index in [9.17, 15) is 8.42 Å². The van der Waals surface area contributed by atoms with Crippen molar-refractivity contribution in [3.63, 3.8) is 0 Å². The largest absolute Gasteiger partial charge is 0.495 e. The number of halogens is 2. The molecule has 0 atom stereocenters. The molecule has 30 heavy (non-hydrogen) atoms. The molecule has 9 heteroatoms. The Morgan fingerprint density at radius 1 is 1.07 bits per heavy atom. The maximum absolute atomic E-state index is 12.8. The molecule has 0 aliphatic rings. The average Bonchev–Trinajstić information content (AvgIpc) is 3.15. The predicted molar refractivity (Wildman–Crippen MR) is 119 cm³/mol. The molecule has 0 fully saturated rings. The topological polar surface area (TPSA) is 72.7 Å². The number of aromatic nitrogens is 2. The molecule has 2 aromatic heterocycles. The molecule has 0 bridgehead atoms. The number of nitrogens with one attached hydrogen (secondary N) is 1. The van der Waals surface area contributed by atoms with Crippen LogP contribution in [0.4, 0.5) is 5.69 Å². The summed E-state index contributed by atoms with van der Waals surface area (Å²) >= 11 is 12.2. The highest BCUT2D eigenvalue weighted by Crippen LogP contribution is 2.34. The van der Waals surface area contributed by atoms with Gasteiger partial charge in [0, 0.05) is 29.7 Å². The number of benzene rings is 2. The Balaban J connectivity index is 1.61. The van der Waals surface area contributed by atoms with Crippen LogP contribution < -0.4 is 9.46 Å². The van der Waals surface area contributed by atoms with Crippen LogP contribution in [0.3, 0.4) is 0 Å². The Kier molecular flexibility index (Phi) is 5.36. The summed E-state index contributed by atoms with van der Waals surface area (Å²) in [6.45, 7) is 2.00. The van der Waals surface area contributed by atoms with Gasteiger partial charge in [0.25, 0.3) is 10.0 Å². The summed E-state index contributed by atoms with van der Waals surface area (Å²) in [5.41, 5.74) is 4.00. The minimum absolute atomic E-state index is 0.0143. The second-order valence-electron chi connectivity index (χ2n) is 6.65. The number of aryl methyl sites for hydroxylation is 1. The number of pyridine rings is 1. The summed E-state index contributed by atoms with van der Waals surface area (Å²) in [5.74, 6) is 0.299. The van der Waals surface area contributed by atoms with Crippen molar-refractivity contribution in [2.45, 2.75) is 11.8 Å². The first kappa shape index (κ1) is 20.5. The first-order valence-corrected chi connectivity index (χ1v) is 11.1. The highest BCUT2D eigenvalue weighted by Gasteiger charge is 2.21. The summed E-state index contributed by atoms with van der Waals surface area (Å²) in [5, 5.41) is 0.167. The number of rotatable bonds is 5. The molecule has 154 valence electrons. The van der Waals surface area contributed by atoms with Gasteiger partial charge in [0.2, 0.25) is 0 Å². The van der Waals surface area contributed by atoms with Crippen LogP contribution in [0, 0.1) is 6.92 Å². The molecule has 4 rings (SSSR count). The van der Waals surface area contributed by atoms with Crippen molar-refractivity contribution in [2.24, 2.45) is 0 Å². The molecule has 0 amide bonds. The molecule has 0 radical (unpaired) electrons. The van der Waals surface area contributed by atoms with Crippen molar-refractivity contribution in [1.82, 2.24) is 9.38 Å². The van der Waals surface area contributed by atoms with Crippen LogP contribution >= 0.6 is 23.2 Å². The predicted octanol–water partition coefficient (Wildman–Crippen LogP) is 5.43. The summed E-state index contributed by atoms with van der Waals surface area (Å²) in [6, 6.07) is 13.5. The van der Waals surface area contributed by atoms with Crippen molar-refractivity contribution < 1.29 is 13.2 Å². The molecule has 2 heterocycles. The minimum atomic E-state index is -3.94. The molecule has 2 aromatic carbocycles. The molecular formula is C21H17Cl2N3O3S. The van der Waals surface area contributed by atoms with Gasteiger partial charge in [-0.25, -0.2) is 13.4 Å². The monoisotopic (exact) mass is 461 g/mol. The van der Waals surface area contributed by atoms with Gasteiger partial charge in [0.1, 0.15) is 16.3 Å². The standard InChI is InChI=1S/C21H17Cl2N3O3S/c1-13-4-3-9-26-12-18(24-21(13)26)14-5-7-15(8-6-14)25-30(27,28)20-11-16(22)19(29-2)10-17(20)23/h3-12,25H,1-2H3. The zero-order valence-electron chi connectivity index (χ0n) is 16.1. The Hall–Kier alpha value is -2.74. The number of sulfonamides is 1. The highest BCUT2D eigenvalue weighted by molar-refractivity contribution is 7.92. The Labute approximate surface area is 184 Å². The third-order valence-electron chi connectivity index (χ3n) is 4.61. The summed E-state index contributed by atoms with van der Waals surface area (Å²) in [7, 11) is -2.51. The number of anilines is 1. The molecule has 0 unspecified atom stereocenters. The van der Waals surface area contributed by atoms with E-state index in [1.807, 2.05) is 35.9 Å². The van der Waals surface area contributed by atoms with Crippen LogP contribution in [0.2, 0.25) is 10.0 Å². The fourth-order valence-corrected chi connectivity index (χ4v) is 4.99. The third kappa shape index (κ3) is 3.84.